The molecule has 0 saturated heterocycles. The van der Waals surface area contributed by atoms with Crippen LogP contribution in [0.3, 0.4) is 0 Å². The van der Waals surface area contributed by atoms with Gasteiger partial charge in [-0.1, -0.05) is 31.5 Å². The number of ether oxygens (including phenoxy) is 1. The van der Waals surface area contributed by atoms with Crippen molar-refractivity contribution < 1.29 is 4.74 Å². The van der Waals surface area contributed by atoms with E-state index in [1.807, 2.05) is 0 Å². The lowest BCUT2D eigenvalue weighted by Gasteiger charge is -2.13. The molecule has 3 rings (SSSR count). The van der Waals surface area contributed by atoms with Crippen LogP contribution in [0.1, 0.15) is 31.4 Å². The Bertz CT molecular complexity index is 595. The third-order valence-electron chi connectivity index (χ3n) is 3.55. The van der Waals surface area contributed by atoms with Crippen molar-refractivity contribution in [1.82, 2.24) is 10.3 Å². The van der Waals surface area contributed by atoms with Crippen LogP contribution in [0.15, 0.2) is 24.3 Å². The molecule has 0 saturated carbocycles. The molecule has 1 N–H and O–H groups in total. The fourth-order valence-corrected chi connectivity index (χ4v) is 2.63. The molecule has 1 aliphatic heterocycles. The first-order chi connectivity index (χ1) is 9.28. The number of hydrogen-bond acceptors (Lipinski definition) is 3. The molecule has 0 bridgehead atoms. The lowest BCUT2D eigenvalue weighted by molar-refractivity contribution is 0.218. The SMILES string of the molecule is CCCc1cccc2cc3c(nc12)OC(C)CNC3. The fourth-order valence-electron chi connectivity index (χ4n) is 2.63. The van der Waals surface area contributed by atoms with Crippen LogP contribution < -0.4 is 10.1 Å². The number of rotatable bonds is 2. The zero-order valence-electron chi connectivity index (χ0n) is 11.6. The van der Waals surface area contributed by atoms with Crippen molar-refractivity contribution >= 4 is 10.9 Å². The number of para-hydroxylation sites is 1. The van der Waals surface area contributed by atoms with E-state index >= 15 is 0 Å². The molecule has 2 heterocycles. The van der Waals surface area contributed by atoms with E-state index in [-0.39, 0.29) is 6.10 Å². The van der Waals surface area contributed by atoms with Crippen LogP contribution in [0.4, 0.5) is 0 Å². The van der Waals surface area contributed by atoms with Gasteiger partial charge in [-0.25, -0.2) is 4.98 Å². The summed E-state index contributed by atoms with van der Waals surface area (Å²) in [5.41, 5.74) is 3.57. The highest BCUT2D eigenvalue weighted by atomic mass is 16.5. The number of nitrogens with one attached hydrogen (secondary N) is 1. The summed E-state index contributed by atoms with van der Waals surface area (Å²) in [5.74, 6) is 0.800. The minimum absolute atomic E-state index is 0.171. The highest BCUT2D eigenvalue weighted by Crippen LogP contribution is 2.27. The van der Waals surface area contributed by atoms with Gasteiger partial charge in [0, 0.05) is 24.0 Å². The van der Waals surface area contributed by atoms with Crippen LogP contribution in [0.2, 0.25) is 0 Å². The molecule has 2 aromatic rings. The van der Waals surface area contributed by atoms with Gasteiger partial charge in [0.05, 0.1) is 5.52 Å². The maximum absolute atomic E-state index is 5.92. The van der Waals surface area contributed by atoms with E-state index in [1.54, 1.807) is 0 Å². The smallest absolute Gasteiger partial charge is 0.218 e. The molecule has 0 fully saturated rings. The average Bonchev–Trinajstić information content (AvgIpc) is 2.57. The Kier molecular flexibility index (Phi) is 3.38. The van der Waals surface area contributed by atoms with Gasteiger partial charge in [-0.3, -0.25) is 0 Å². The Morgan fingerprint density at radius 2 is 2.32 bits per heavy atom. The first-order valence-corrected chi connectivity index (χ1v) is 7.07. The third kappa shape index (κ3) is 2.43. The zero-order valence-corrected chi connectivity index (χ0v) is 11.6. The van der Waals surface area contributed by atoms with Gasteiger partial charge < -0.3 is 10.1 Å². The second-order valence-corrected chi connectivity index (χ2v) is 5.25. The summed E-state index contributed by atoms with van der Waals surface area (Å²) in [7, 11) is 0. The summed E-state index contributed by atoms with van der Waals surface area (Å²) in [6, 6.07) is 8.64. The van der Waals surface area contributed by atoms with Crippen LogP contribution in [-0.4, -0.2) is 17.6 Å². The predicted molar refractivity (Wildman–Crippen MR) is 77.5 cm³/mol. The van der Waals surface area contributed by atoms with Crippen molar-refractivity contribution in [3.63, 3.8) is 0 Å². The predicted octanol–water partition coefficient (Wildman–Crippen LogP) is 3.06. The molecular formula is C16H20N2O. The third-order valence-corrected chi connectivity index (χ3v) is 3.55. The van der Waals surface area contributed by atoms with Crippen molar-refractivity contribution in [1.29, 1.82) is 0 Å². The maximum Gasteiger partial charge on any atom is 0.218 e. The fraction of sp³-hybridized carbons (Fsp3) is 0.438. The molecule has 1 atom stereocenters. The quantitative estimate of drug-likeness (QED) is 0.896. The Balaban J connectivity index is 2.14. The molecule has 0 amide bonds. The van der Waals surface area contributed by atoms with Gasteiger partial charge in [0.25, 0.3) is 0 Å². The van der Waals surface area contributed by atoms with E-state index in [0.29, 0.717) is 0 Å². The molecule has 3 heteroatoms. The van der Waals surface area contributed by atoms with Crippen molar-refractivity contribution in [3.05, 3.63) is 35.4 Å². The summed E-state index contributed by atoms with van der Waals surface area (Å²) in [4.78, 5) is 4.78. The Morgan fingerprint density at radius 1 is 1.42 bits per heavy atom. The second-order valence-electron chi connectivity index (χ2n) is 5.25. The van der Waals surface area contributed by atoms with E-state index in [9.17, 15) is 0 Å². The van der Waals surface area contributed by atoms with Crippen LogP contribution in [-0.2, 0) is 13.0 Å². The number of aryl methyl sites for hydroxylation is 1. The summed E-state index contributed by atoms with van der Waals surface area (Å²) in [5, 5.41) is 4.61. The average molecular weight is 256 g/mol. The molecule has 100 valence electrons. The molecule has 1 aliphatic rings. The molecular weight excluding hydrogens is 236 g/mol. The Morgan fingerprint density at radius 3 is 3.16 bits per heavy atom. The molecule has 1 unspecified atom stereocenters. The number of nitrogens with zero attached hydrogens (tertiary/aromatic N) is 1. The van der Waals surface area contributed by atoms with Gasteiger partial charge in [-0.2, -0.15) is 0 Å². The lowest BCUT2D eigenvalue weighted by atomic mass is 10.0. The molecule has 0 radical (unpaired) electrons. The first kappa shape index (κ1) is 12.4. The van der Waals surface area contributed by atoms with Crippen LogP contribution in [0.5, 0.6) is 5.88 Å². The second kappa shape index (κ2) is 5.17. The maximum atomic E-state index is 5.92. The normalized spacial score (nSPS) is 18.7. The number of fused-ring (bicyclic) bond motifs is 2. The first-order valence-electron chi connectivity index (χ1n) is 7.07. The summed E-state index contributed by atoms with van der Waals surface area (Å²) in [6.45, 7) is 5.98. The van der Waals surface area contributed by atoms with E-state index in [4.69, 9.17) is 9.72 Å². The van der Waals surface area contributed by atoms with Crippen molar-refractivity contribution in [2.45, 2.75) is 39.3 Å². The van der Waals surface area contributed by atoms with Gasteiger partial charge in [0.1, 0.15) is 6.10 Å². The van der Waals surface area contributed by atoms with Crippen molar-refractivity contribution in [2.24, 2.45) is 0 Å². The van der Waals surface area contributed by atoms with Gasteiger partial charge in [-0.05, 0) is 25.0 Å². The standard InChI is InChI=1S/C16H20N2O/c1-3-5-12-6-4-7-13-8-14-10-17-9-11(2)19-16(14)18-15(12)13/h4,6-8,11,17H,3,5,9-10H2,1-2H3. The lowest BCUT2D eigenvalue weighted by Crippen LogP contribution is -2.25. The summed E-state index contributed by atoms with van der Waals surface area (Å²) < 4.78 is 5.92. The molecule has 1 aromatic carbocycles. The number of aromatic nitrogens is 1. The van der Waals surface area contributed by atoms with Gasteiger partial charge in [0.2, 0.25) is 5.88 Å². The molecule has 19 heavy (non-hydrogen) atoms. The van der Waals surface area contributed by atoms with Crippen LogP contribution in [0.25, 0.3) is 10.9 Å². The van der Waals surface area contributed by atoms with E-state index in [1.165, 1.54) is 10.9 Å². The minimum atomic E-state index is 0.171. The van der Waals surface area contributed by atoms with Crippen LogP contribution >= 0.6 is 0 Å². The van der Waals surface area contributed by atoms with Gasteiger partial charge in [-0.15, -0.1) is 0 Å². The van der Waals surface area contributed by atoms with E-state index in [2.05, 4.69) is 43.4 Å². The minimum Gasteiger partial charge on any atom is -0.473 e. The zero-order chi connectivity index (χ0) is 13.2. The van der Waals surface area contributed by atoms with E-state index < -0.39 is 0 Å². The van der Waals surface area contributed by atoms with Gasteiger partial charge in [0.15, 0.2) is 0 Å². The highest BCUT2D eigenvalue weighted by molar-refractivity contribution is 5.83. The van der Waals surface area contributed by atoms with Crippen molar-refractivity contribution in [2.75, 3.05) is 6.54 Å². The van der Waals surface area contributed by atoms with Crippen molar-refractivity contribution in [3.8, 4) is 5.88 Å². The highest BCUT2D eigenvalue weighted by Gasteiger charge is 2.16. The monoisotopic (exact) mass is 256 g/mol. The molecule has 0 aliphatic carbocycles. The molecule has 3 nitrogen and oxygen atoms in total. The summed E-state index contributed by atoms with van der Waals surface area (Å²) >= 11 is 0. The van der Waals surface area contributed by atoms with Crippen LogP contribution in [0, 0.1) is 0 Å². The van der Waals surface area contributed by atoms with Gasteiger partial charge >= 0.3 is 0 Å². The Hall–Kier alpha value is -1.61. The Labute approximate surface area is 114 Å². The van der Waals surface area contributed by atoms with E-state index in [0.717, 1.165) is 42.9 Å². The number of benzene rings is 1. The number of hydrogen-bond donors (Lipinski definition) is 1. The largest absolute Gasteiger partial charge is 0.473 e. The molecule has 1 aromatic heterocycles. The number of pyridine rings is 1. The summed E-state index contributed by atoms with van der Waals surface area (Å²) in [6.07, 6.45) is 2.37. The molecule has 0 spiro atoms. The topological polar surface area (TPSA) is 34.1 Å².